The molecule has 0 atom stereocenters. The maximum absolute atomic E-state index is 13.2. The van der Waals surface area contributed by atoms with Gasteiger partial charge in [0.25, 0.3) is 0 Å². The van der Waals surface area contributed by atoms with Crippen LogP contribution in [0.2, 0.25) is 5.02 Å². The van der Waals surface area contributed by atoms with Gasteiger partial charge in [-0.25, -0.2) is 0 Å². The van der Waals surface area contributed by atoms with Crippen LogP contribution in [-0.2, 0) is 13.6 Å². The van der Waals surface area contributed by atoms with E-state index in [-0.39, 0.29) is 0 Å². The summed E-state index contributed by atoms with van der Waals surface area (Å²) in [7, 11) is -3.45. The summed E-state index contributed by atoms with van der Waals surface area (Å²) in [4.78, 5) is 0. The quantitative estimate of drug-likeness (QED) is 0.355. The summed E-state index contributed by atoms with van der Waals surface area (Å²) in [6, 6.07) is 7.16. The van der Waals surface area contributed by atoms with Crippen molar-refractivity contribution in [1.82, 2.24) is 0 Å². The van der Waals surface area contributed by atoms with Crippen molar-refractivity contribution in [3.8, 4) is 0 Å². The molecular formula is C17H24ClN2O3P. The predicted molar refractivity (Wildman–Crippen MR) is 99.9 cm³/mol. The third-order valence-electron chi connectivity index (χ3n) is 3.57. The Balaban J connectivity index is 2.33. The van der Waals surface area contributed by atoms with Crippen LogP contribution < -0.4 is 5.43 Å². The Morgan fingerprint density at radius 3 is 2.42 bits per heavy atom. The van der Waals surface area contributed by atoms with E-state index in [1.54, 1.807) is 26.0 Å². The van der Waals surface area contributed by atoms with Gasteiger partial charge in [-0.3, -0.25) is 9.99 Å². The first-order valence-corrected chi connectivity index (χ1v) is 10.2. The molecule has 132 valence electrons. The monoisotopic (exact) mass is 370 g/mol. The maximum Gasteiger partial charge on any atom is 0.381 e. The molecule has 1 N–H and O–H groups in total. The summed E-state index contributed by atoms with van der Waals surface area (Å²) in [5.74, 6) is 0. The highest BCUT2D eigenvalue weighted by atomic mass is 35.5. The minimum Gasteiger partial charge on any atom is -0.304 e. The summed E-state index contributed by atoms with van der Waals surface area (Å²) in [5, 5.41) is 5.05. The van der Waals surface area contributed by atoms with E-state index in [0.717, 1.165) is 36.9 Å². The Hall–Kier alpha value is -1.13. The Morgan fingerprint density at radius 1 is 1.21 bits per heavy atom. The molecule has 1 aliphatic carbocycles. The van der Waals surface area contributed by atoms with Gasteiger partial charge in [-0.15, -0.1) is 0 Å². The molecule has 0 spiro atoms. The van der Waals surface area contributed by atoms with Crippen molar-refractivity contribution in [2.45, 2.75) is 39.5 Å². The second-order valence-electron chi connectivity index (χ2n) is 5.36. The van der Waals surface area contributed by atoms with Crippen LogP contribution in [0.4, 0.5) is 5.69 Å². The molecule has 0 aliphatic heterocycles. The van der Waals surface area contributed by atoms with Gasteiger partial charge < -0.3 is 9.05 Å². The largest absolute Gasteiger partial charge is 0.381 e. The van der Waals surface area contributed by atoms with Gasteiger partial charge in [-0.2, -0.15) is 5.10 Å². The average Bonchev–Trinajstić information content (AvgIpc) is 2.58. The van der Waals surface area contributed by atoms with Crippen LogP contribution in [0.5, 0.6) is 0 Å². The third kappa shape index (κ3) is 5.18. The van der Waals surface area contributed by atoms with Gasteiger partial charge in [0.1, 0.15) is 0 Å². The van der Waals surface area contributed by atoms with E-state index < -0.39 is 7.60 Å². The molecule has 0 unspecified atom stereocenters. The lowest BCUT2D eigenvalue weighted by atomic mass is 10.0. The molecule has 0 radical (unpaired) electrons. The van der Waals surface area contributed by atoms with Crippen LogP contribution in [0.15, 0.2) is 41.0 Å². The Morgan fingerprint density at radius 2 is 1.88 bits per heavy atom. The van der Waals surface area contributed by atoms with Crippen LogP contribution >= 0.6 is 19.2 Å². The van der Waals surface area contributed by atoms with E-state index in [1.165, 1.54) is 0 Å². The summed E-state index contributed by atoms with van der Waals surface area (Å²) < 4.78 is 24.2. The smallest absolute Gasteiger partial charge is 0.304 e. The number of rotatable bonds is 8. The number of hydrogen-bond donors (Lipinski definition) is 1. The van der Waals surface area contributed by atoms with Gasteiger partial charge >= 0.3 is 7.60 Å². The van der Waals surface area contributed by atoms with E-state index in [1.807, 2.05) is 12.1 Å². The minimum absolute atomic E-state index is 0.296. The van der Waals surface area contributed by atoms with Gasteiger partial charge in [-0.1, -0.05) is 17.7 Å². The van der Waals surface area contributed by atoms with Crippen molar-refractivity contribution < 1.29 is 13.6 Å². The number of hydrogen-bond acceptors (Lipinski definition) is 5. The highest BCUT2D eigenvalue weighted by Gasteiger charge is 2.34. The van der Waals surface area contributed by atoms with Crippen LogP contribution in [0.1, 0.15) is 39.5 Å². The van der Waals surface area contributed by atoms with Gasteiger partial charge in [0.05, 0.1) is 18.9 Å². The number of hydrazone groups is 1. The van der Waals surface area contributed by atoms with E-state index >= 15 is 0 Å². The topological polar surface area (TPSA) is 59.9 Å². The van der Waals surface area contributed by atoms with Crippen LogP contribution in [0.3, 0.4) is 0 Å². The number of nitrogens with one attached hydrogen (secondary N) is 1. The zero-order chi connectivity index (χ0) is 17.4. The first-order chi connectivity index (χ1) is 11.6. The van der Waals surface area contributed by atoms with Crippen LogP contribution in [-0.4, -0.2) is 18.7 Å². The summed E-state index contributed by atoms with van der Waals surface area (Å²) in [5.41, 5.74) is 5.02. The Kier molecular flexibility index (Phi) is 7.50. The van der Waals surface area contributed by atoms with Crippen molar-refractivity contribution >= 4 is 30.3 Å². The lowest BCUT2D eigenvalue weighted by molar-refractivity contribution is 0.232. The highest BCUT2D eigenvalue weighted by molar-refractivity contribution is 7.73. The summed E-state index contributed by atoms with van der Waals surface area (Å²) in [6.45, 7) is 4.19. The molecule has 0 bridgehead atoms. The van der Waals surface area contributed by atoms with E-state index in [4.69, 9.17) is 20.6 Å². The SMILES string of the molecule is CCOP(=O)(OCC)/C(=N/Nc1ccc(Cl)cc1)C1=CCCCC1. The molecule has 0 aromatic heterocycles. The molecular weight excluding hydrogens is 347 g/mol. The van der Waals surface area contributed by atoms with Crippen molar-refractivity contribution in [2.24, 2.45) is 5.10 Å². The van der Waals surface area contributed by atoms with E-state index in [9.17, 15) is 4.57 Å². The molecule has 1 aromatic rings. The first-order valence-electron chi connectivity index (χ1n) is 8.27. The molecule has 0 amide bonds. The summed E-state index contributed by atoms with van der Waals surface area (Å²) >= 11 is 5.89. The predicted octanol–water partition coefficient (Wildman–Crippen LogP) is 5.83. The molecule has 2 rings (SSSR count). The van der Waals surface area contributed by atoms with Crippen LogP contribution in [0, 0.1) is 0 Å². The molecule has 1 aromatic carbocycles. The van der Waals surface area contributed by atoms with Crippen molar-refractivity contribution in [3.05, 3.63) is 40.9 Å². The zero-order valence-electron chi connectivity index (χ0n) is 14.1. The maximum atomic E-state index is 13.2. The van der Waals surface area contributed by atoms with Gasteiger partial charge in [0.2, 0.25) is 0 Å². The lowest BCUT2D eigenvalue weighted by Crippen LogP contribution is -2.14. The van der Waals surface area contributed by atoms with Gasteiger partial charge in [0, 0.05) is 5.02 Å². The van der Waals surface area contributed by atoms with Crippen LogP contribution in [0.25, 0.3) is 0 Å². The normalized spacial score (nSPS) is 16.0. The fourth-order valence-electron chi connectivity index (χ4n) is 2.49. The number of benzene rings is 1. The molecule has 1 aliphatic rings. The van der Waals surface area contributed by atoms with Gasteiger partial charge in [-0.05, 0) is 69.4 Å². The molecule has 7 heteroatoms. The lowest BCUT2D eigenvalue weighted by Gasteiger charge is -2.22. The summed E-state index contributed by atoms with van der Waals surface area (Å²) in [6.07, 6.45) is 6.04. The molecule has 0 heterocycles. The molecule has 0 fully saturated rings. The van der Waals surface area contributed by atoms with Crippen molar-refractivity contribution in [2.75, 3.05) is 18.6 Å². The second kappa shape index (κ2) is 9.38. The fraction of sp³-hybridized carbons (Fsp3) is 0.471. The zero-order valence-corrected chi connectivity index (χ0v) is 15.8. The number of anilines is 1. The number of nitrogens with zero attached hydrogens (tertiary/aromatic N) is 1. The fourth-order valence-corrected chi connectivity index (χ4v) is 4.34. The van der Waals surface area contributed by atoms with Crippen molar-refractivity contribution in [1.29, 1.82) is 0 Å². The second-order valence-corrected chi connectivity index (χ2v) is 7.73. The van der Waals surface area contributed by atoms with Gasteiger partial charge in [0.15, 0.2) is 5.45 Å². The van der Waals surface area contributed by atoms with Crippen molar-refractivity contribution in [3.63, 3.8) is 0 Å². The molecule has 0 saturated carbocycles. The number of halogens is 1. The average molecular weight is 371 g/mol. The third-order valence-corrected chi connectivity index (χ3v) is 5.93. The minimum atomic E-state index is -3.45. The standard InChI is InChI=1S/C17H24ClN2O3P/c1-3-22-24(21,23-4-2)17(14-8-6-5-7-9-14)20-19-16-12-10-15(18)11-13-16/h8,10-13,19H,3-7,9H2,1-2H3/b20-17+. The highest BCUT2D eigenvalue weighted by Crippen LogP contribution is 2.53. The Labute approximate surface area is 148 Å². The number of allylic oxidation sites excluding steroid dienone is 2. The molecule has 5 nitrogen and oxygen atoms in total. The molecule has 0 saturated heterocycles. The van der Waals surface area contributed by atoms with E-state index in [0.29, 0.717) is 23.7 Å². The molecule has 24 heavy (non-hydrogen) atoms. The van der Waals surface area contributed by atoms with E-state index in [2.05, 4.69) is 16.6 Å². The first kappa shape index (κ1) is 19.2. The Bertz CT molecular complexity index is 634.